The Morgan fingerprint density at radius 3 is 2.84 bits per heavy atom. The van der Waals surface area contributed by atoms with E-state index in [1.165, 1.54) is 13.2 Å². The van der Waals surface area contributed by atoms with Crippen LogP contribution in [0.25, 0.3) is 0 Å². The second-order valence-corrected chi connectivity index (χ2v) is 8.26. The normalized spacial score (nSPS) is 18.9. The van der Waals surface area contributed by atoms with Gasteiger partial charge in [0, 0.05) is 38.5 Å². The molecule has 1 aliphatic heterocycles. The Labute approximate surface area is 194 Å². The molecule has 0 saturated carbocycles. The molecule has 3 rings (SSSR count). The third-order valence-corrected chi connectivity index (χ3v) is 5.92. The van der Waals surface area contributed by atoms with Gasteiger partial charge in [0.05, 0.1) is 48.3 Å². The molecule has 2 aromatic rings. The van der Waals surface area contributed by atoms with Gasteiger partial charge >= 0.3 is 0 Å². The van der Waals surface area contributed by atoms with E-state index >= 15 is 0 Å². The highest BCUT2D eigenvalue weighted by atomic mass is 35.5. The quantitative estimate of drug-likeness (QED) is 0.436. The zero-order valence-corrected chi connectivity index (χ0v) is 19.5. The van der Waals surface area contributed by atoms with Gasteiger partial charge in [-0.15, -0.1) is 0 Å². The van der Waals surface area contributed by atoms with Crippen molar-refractivity contribution in [1.29, 1.82) is 0 Å². The van der Waals surface area contributed by atoms with Gasteiger partial charge in [-0.1, -0.05) is 11.6 Å². The smallest absolute Gasteiger partial charge is 0.255 e. The Morgan fingerprint density at radius 1 is 1.34 bits per heavy atom. The highest BCUT2D eigenvalue weighted by Crippen LogP contribution is 2.29. The number of carbonyl (C=O) groups excluding carboxylic acids is 1. The molecule has 174 valence electrons. The second-order valence-electron chi connectivity index (χ2n) is 7.85. The lowest BCUT2D eigenvalue weighted by Gasteiger charge is -2.38. The Bertz CT molecular complexity index is 910. The van der Waals surface area contributed by atoms with Gasteiger partial charge in [-0.3, -0.25) is 9.78 Å². The number of methoxy groups -OCH3 is 2. The van der Waals surface area contributed by atoms with E-state index in [1.807, 2.05) is 19.1 Å². The molecule has 32 heavy (non-hydrogen) atoms. The number of piperidine rings is 1. The lowest BCUT2D eigenvalue weighted by molar-refractivity contribution is 0.00527. The van der Waals surface area contributed by atoms with E-state index < -0.39 is 0 Å². The number of hydrogen-bond donors (Lipinski definition) is 2. The van der Waals surface area contributed by atoms with Crippen molar-refractivity contribution >= 4 is 23.2 Å². The maximum absolute atomic E-state index is 12.9. The fourth-order valence-corrected chi connectivity index (χ4v) is 3.93. The van der Waals surface area contributed by atoms with E-state index in [9.17, 15) is 4.79 Å². The largest absolute Gasteiger partial charge is 0.496 e. The molecule has 1 amide bonds. The van der Waals surface area contributed by atoms with Gasteiger partial charge in [0.25, 0.3) is 5.91 Å². The first-order valence-electron chi connectivity index (χ1n) is 10.7. The van der Waals surface area contributed by atoms with Gasteiger partial charge in [0.2, 0.25) is 0 Å². The van der Waals surface area contributed by atoms with Crippen LogP contribution in [0.1, 0.15) is 28.9 Å². The van der Waals surface area contributed by atoms with Crippen molar-refractivity contribution in [2.75, 3.05) is 46.2 Å². The summed E-state index contributed by atoms with van der Waals surface area (Å²) in [6.45, 7) is 5.05. The van der Waals surface area contributed by atoms with Crippen LogP contribution in [0.4, 0.5) is 5.69 Å². The summed E-state index contributed by atoms with van der Waals surface area (Å²) in [7, 11) is 3.16. The van der Waals surface area contributed by atoms with Gasteiger partial charge < -0.3 is 30.2 Å². The van der Waals surface area contributed by atoms with Crippen molar-refractivity contribution < 1.29 is 19.0 Å². The topological polar surface area (TPSA) is 98.9 Å². The average Bonchev–Trinajstić information content (AvgIpc) is 2.80. The molecule has 1 aromatic carbocycles. The summed E-state index contributed by atoms with van der Waals surface area (Å²) >= 11 is 6.11. The Kier molecular flexibility index (Phi) is 8.55. The summed E-state index contributed by atoms with van der Waals surface area (Å²) < 4.78 is 16.7. The number of hydrogen-bond acceptors (Lipinski definition) is 7. The first kappa shape index (κ1) is 24.1. The molecule has 2 heterocycles. The third kappa shape index (κ3) is 6.25. The summed E-state index contributed by atoms with van der Waals surface area (Å²) in [4.78, 5) is 19.4. The summed E-state index contributed by atoms with van der Waals surface area (Å²) in [6.07, 6.45) is 3.29. The monoisotopic (exact) mass is 462 g/mol. The maximum atomic E-state index is 12.9. The molecule has 1 aromatic heterocycles. The molecule has 0 spiro atoms. The number of nitrogens with one attached hydrogen (secondary N) is 1. The van der Waals surface area contributed by atoms with Crippen LogP contribution >= 0.6 is 11.6 Å². The number of pyridine rings is 1. The van der Waals surface area contributed by atoms with E-state index in [-0.39, 0.29) is 18.1 Å². The number of halogens is 1. The lowest BCUT2D eigenvalue weighted by atomic mass is 10.0. The van der Waals surface area contributed by atoms with Crippen molar-refractivity contribution in [3.63, 3.8) is 0 Å². The summed E-state index contributed by atoms with van der Waals surface area (Å²) in [5.41, 5.74) is 7.50. The number of rotatable bonds is 9. The van der Waals surface area contributed by atoms with Crippen LogP contribution in [0.2, 0.25) is 5.02 Å². The Hall–Kier alpha value is -2.55. The molecule has 1 aliphatic rings. The molecule has 0 radical (unpaired) electrons. The molecule has 3 N–H and O–H groups in total. The van der Waals surface area contributed by atoms with Crippen LogP contribution in [-0.4, -0.2) is 68.4 Å². The predicted molar refractivity (Wildman–Crippen MR) is 125 cm³/mol. The molecule has 1 saturated heterocycles. The van der Waals surface area contributed by atoms with Crippen molar-refractivity contribution in [2.45, 2.75) is 31.9 Å². The van der Waals surface area contributed by atoms with E-state index in [0.29, 0.717) is 28.6 Å². The minimum atomic E-state index is -0.260. The zero-order valence-electron chi connectivity index (χ0n) is 18.8. The number of nitrogens with two attached hydrogens (primary N) is 1. The number of likely N-dealkylation sites (tertiary alicyclic amines) is 1. The van der Waals surface area contributed by atoms with Crippen LogP contribution in [0.15, 0.2) is 30.5 Å². The van der Waals surface area contributed by atoms with Crippen molar-refractivity contribution in [3.05, 3.63) is 46.7 Å². The van der Waals surface area contributed by atoms with Crippen molar-refractivity contribution in [3.8, 4) is 11.5 Å². The molecular weight excluding hydrogens is 432 g/mol. The van der Waals surface area contributed by atoms with Crippen LogP contribution in [0, 0.1) is 6.92 Å². The van der Waals surface area contributed by atoms with E-state index in [0.717, 1.165) is 43.9 Å². The number of carbonyl (C=O) groups is 1. The number of nitrogen functional groups attached to an aromatic ring is 1. The molecular formula is C23H31ClN4O4. The van der Waals surface area contributed by atoms with Crippen LogP contribution in [0.3, 0.4) is 0 Å². The Morgan fingerprint density at radius 2 is 2.16 bits per heavy atom. The molecule has 2 atom stereocenters. The van der Waals surface area contributed by atoms with Gasteiger partial charge in [-0.2, -0.15) is 0 Å². The molecule has 8 nitrogen and oxygen atoms in total. The number of ether oxygens (including phenoxy) is 3. The van der Waals surface area contributed by atoms with Crippen LogP contribution in [-0.2, 0) is 4.74 Å². The fraction of sp³-hybridized carbons (Fsp3) is 0.478. The lowest BCUT2D eigenvalue weighted by Crippen LogP contribution is -2.55. The standard InChI is InChI=1S/C23H31ClN4O4/c1-15-5-6-16(13-26-15)32-10-4-8-28-9-7-20(22(14-28)31-3)27-23(29)17-11-18(24)19(25)12-21(17)30-2/h5-6,11-13,20,22H,4,7-10,14,25H2,1-3H3,(H,27,29)/t20-,22+/m1/s1. The minimum Gasteiger partial charge on any atom is -0.496 e. The van der Waals surface area contributed by atoms with Gasteiger partial charge in [0.1, 0.15) is 11.5 Å². The first-order valence-corrected chi connectivity index (χ1v) is 11.0. The molecule has 9 heteroatoms. The van der Waals surface area contributed by atoms with Crippen molar-refractivity contribution in [1.82, 2.24) is 15.2 Å². The predicted octanol–water partition coefficient (Wildman–Crippen LogP) is 2.92. The fourth-order valence-electron chi connectivity index (χ4n) is 3.77. The van der Waals surface area contributed by atoms with E-state index in [1.54, 1.807) is 19.4 Å². The van der Waals surface area contributed by atoms with E-state index in [2.05, 4.69) is 15.2 Å². The van der Waals surface area contributed by atoms with Gasteiger partial charge in [0.15, 0.2) is 0 Å². The third-order valence-electron chi connectivity index (χ3n) is 5.60. The minimum absolute atomic E-state index is 0.111. The van der Waals surface area contributed by atoms with Crippen LogP contribution in [0.5, 0.6) is 11.5 Å². The number of nitrogens with zero attached hydrogens (tertiary/aromatic N) is 2. The molecule has 0 unspecified atom stereocenters. The second kappa shape index (κ2) is 11.4. The number of amides is 1. The number of aromatic nitrogens is 1. The molecule has 0 aliphatic carbocycles. The maximum Gasteiger partial charge on any atom is 0.255 e. The van der Waals surface area contributed by atoms with Gasteiger partial charge in [-0.05, 0) is 38.0 Å². The highest BCUT2D eigenvalue weighted by molar-refractivity contribution is 6.33. The number of aryl methyl sites for hydroxylation is 1. The number of anilines is 1. The van der Waals surface area contributed by atoms with Crippen LogP contribution < -0.4 is 20.5 Å². The Balaban J connectivity index is 1.49. The average molecular weight is 463 g/mol. The molecule has 1 fully saturated rings. The molecule has 0 bridgehead atoms. The summed E-state index contributed by atoms with van der Waals surface area (Å²) in [5, 5.41) is 3.39. The summed E-state index contributed by atoms with van der Waals surface area (Å²) in [5.74, 6) is 0.911. The first-order chi connectivity index (χ1) is 15.4. The number of benzene rings is 1. The summed E-state index contributed by atoms with van der Waals surface area (Å²) in [6, 6.07) is 6.85. The highest BCUT2D eigenvalue weighted by Gasteiger charge is 2.31. The van der Waals surface area contributed by atoms with Crippen molar-refractivity contribution in [2.24, 2.45) is 0 Å². The zero-order chi connectivity index (χ0) is 23.1. The van der Waals surface area contributed by atoms with Gasteiger partial charge in [-0.25, -0.2) is 0 Å². The SMILES string of the molecule is COc1cc(N)c(Cl)cc1C(=O)N[C@@H]1CCN(CCCOc2ccc(C)nc2)C[C@@H]1OC. The van der Waals surface area contributed by atoms with E-state index in [4.69, 9.17) is 31.5 Å².